The molecule has 1 aromatic heterocycles. The van der Waals surface area contributed by atoms with E-state index in [0.717, 1.165) is 35.9 Å². The minimum Gasteiger partial charge on any atom is -0.426 e. The van der Waals surface area contributed by atoms with Crippen molar-refractivity contribution in [1.82, 2.24) is 20.6 Å². The molecule has 1 fully saturated rings. The second-order valence-corrected chi connectivity index (χ2v) is 9.96. The molecule has 8 nitrogen and oxygen atoms in total. The Labute approximate surface area is 221 Å². The zero-order chi connectivity index (χ0) is 26.5. The highest BCUT2D eigenvalue weighted by Gasteiger charge is 2.33. The van der Waals surface area contributed by atoms with E-state index in [2.05, 4.69) is 20.6 Å². The third kappa shape index (κ3) is 6.12. The first-order valence-corrected chi connectivity index (χ1v) is 13.0. The third-order valence-corrected chi connectivity index (χ3v) is 7.20. The lowest BCUT2D eigenvalue weighted by molar-refractivity contribution is -0.123. The minimum atomic E-state index is -1.67. The standard InChI is InChI=1S/C29H31BN4O4/c35-28(22-14-15-23-24(18-22)32-27(31-23)21-12-5-2-6-13-21)33-25(16-19-8-3-1-4-9-19)29(36)34-26(30(37)38)17-20-10-7-11-20/h1-6,8-9,12-15,18,20,25-26,37-38H,7,10-11,16-17H2,(H,31,32)(H,33,35)(H,34,36)/t25-,26-/m0/s1. The lowest BCUT2D eigenvalue weighted by Gasteiger charge is -2.30. The summed E-state index contributed by atoms with van der Waals surface area (Å²) in [5.74, 6) is -0.570. The number of nitrogens with zero attached hydrogens (tertiary/aromatic N) is 1. The van der Waals surface area contributed by atoms with E-state index in [1.165, 1.54) is 0 Å². The second-order valence-electron chi connectivity index (χ2n) is 9.96. The molecule has 0 aliphatic heterocycles. The van der Waals surface area contributed by atoms with Gasteiger partial charge in [0.25, 0.3) is 5.91 Å². The molecule has 0 bridgehead atoms. The molecule has 1 aliphatic carbocycles. The summed E-state index contributed by atoms with van der Waals surface area (Å²) in [5, 5.41) is 25.4. The highest BCUT2D eigenvalue weighted by molar-refractivity contribution is 6.43. The van der Waals surface area contributed by atoms with E-state index in [1.54, 1.807) is 18.2 Å². The van der Waals surface area contributed by atoms with Gasteiger partial charge < -0.3 is 25.7 Å². The number of hydrogen-bond acceptors (Lipinski definition) is 5. The fraction of sp³-hybridized carbons (Fsp3) is 0.276. The number of amides is 2. The van der Waals surface area contributed by atoms with Crippen LogP contribution < -0.4 is 10.6 Å². The number of nitrogens with one attached hydrogen (secondary N) is 3. The molecular formula is C29H31BN4O4. The van der Waals surface area contributed by atoms with Crippen molar-refractivity contribution in [3.05, 3.63) is 90.0 Å². The average molecular weight is 510 g/mol. The van der Waals surface area contributed by atoms with Gasteiger partial charge in [0.15, 0.2) is 0 Å². The number of hydrogen-bond donors (Lipinski definition) is 5. The second kappa shape index (κ2) is 11.6. The lowest BCUT2D eigenvalue weighted by atomic mass is 9.69. The summed E-state index contributed by atoms with van der Waals surface area (Å²) in [5.41, 5.74) is 3.65. The van der Waals surface area contributed by atoms with E-state index in [1.807, 2.05) is 60.7 Å². The molecule has 1 heterocycles. The summed E-state index contributed by atoms with van der Waals surface area (Å²) in [6, 6.07) is 23.4. The van der Waals surface area contributed by atoms with E-state index < -0.39 is 30.9 Å². The van der Waals surface area contributed by atoms with Crippen LogP contribution in [-0.4, -0.2) is 50.9 Å². The number of rotatable bonds is 10. The van der Waals surface area contributed by atoms with Gasteiger partial charge in [-0.1, -0.05) is 79.9 Å². The Hall–Kier alpha value is -3.95. The summed E-state index contributed by atoms with van der Waals surface area (Å²) < 4.78 is 0. The van der Waals surface area contributed by atoms with Gasteiger partial charge >= 0.3 is 7.12 Å². The Bertz CT molecular complexity index is 1390. The molecule has 1 aliphatic rings. The molecule has 194 valence electrons. The van der Waals surface area contributed by atoms with Crippen molar-refractivity contribution >= 4 is 30.0 Å². The van der Waals surface area contributed by atoms with Crippen molar-refractivity contribution in [1.29, 1.82) is 0 Å². The van der Waals surface area contributed by atoms with Crippen LogP contribution >= 0.6 is 0 Å². The number of imidazole rings is 1. The van der Waals surface area contributed by atoms with Crippen LogP contribution in [0.25, 0.3) is 22.4 Å². The zero-order valence-corrected chi connectivity index (χ0v) is 21.0. The van der Waals surface area contributed by atoms with Crippen LogP contribution in [0.3, 0.4) is 0 Å². The van der Waals surface area contributed by atoms with E-state index >= 15 is 0 Å². The molecular weight excluding hydrogens is 479 g/mol. The first-order chi connectivity index (χ1) is 18.5. The van der Waals surface area contributed by atoms with Crippen molar-refractivity contribution in [3.63, 3.8) is 0 Å². The van der Waals surface area contributed by atoms with Crippen LogP contribution in [0.1, 0.15) is 41.6 Å². The predicted octanol–water partition coefficient (Wildman–Crippen LogP) is 3.26. The van der Waals surface area contributed by atoms with Gasteiger partial charge in [0.1, 0.15) is 11.9 Å². The molecule has 2 amide bonds. The van der Waals surface area contributed by atoms with E-state index in [9.17, 15) is 19.6 Å². The largest absolute Gasteiger partial charge is 0.475 e. The fourth-order valence-corrected chi connectivity index (χ4v) is 4.81. The average Bonchev–Trinajstić information content (AvgIpc) is 3.34. The normalized spacial score (nSPS) is 14.9. The highest BCUT2D eigenvalue weighted by atomic mass is 16.4. The highest BCUT2D eigenvalue weighted by Crippen LogP contribution is 2.30. The number of aromatic amines is 1. The van der Waals surface area contributed by atoms with Gasteiger partial charge in [-0.15, -0.1) is 0 Å². The summed E-state index contributed by atoms with van der Waals surface area (Å²) in [6.07, 6.45) is 3.92. The number of benzene rings is 3. The zero-order valence-electron chi connectivity index (χ0n) is 21.0. The van der Waals surface area contributed by atoms with E-state index in [4.69, 9.17) is 0 Å². The third-order valence-electron chi connectivity index (χ3n) is 7.20. The van der Waals surface area contributed by atoms with Gasteiger partial charge in [-0.3, -0.25) is 9.59 Å². The van der Waals surface area contributed by atoms with Crippen molar-refractivity contribution < 1.29 is 19.6 Å². The van der Waals surface area contributed by atoms with E-state index in [0.29, 0.717) is 29.2 Å². The van der Waals surface area contributed by atoms with Crippen LogP contribution in [-0.2, 0) is 11.2 Å². The van der Waals surface area contributed by atoms with Crippen LogP contribution in [0.5, 0.6) is 0 Å². The van der Waals surface area contributed by atoms with Crippen molar-refractivity contribution in [3.8, 4) is 11.4 Å². The van der Waals surface area contributed by atoms with Gasteiger partial charge in [-0.05, 0) is 36.1 Å². The Morgan fingerprint density at radius 2 is 1.68 bits per heavy atom. The van der Waals surface area contributed by atoms with E-state index in [-0.39, 0.29) is 6.42 Å². The molecule has 0 saturated heterocycles. The van der Waals surface area contributed by atoms with Gasteiger partial charge in [0, 0.05) is 17.5 Å². The van der Waals surface area contributed by atoms with Crippen LogP contribution in [0.2, 0.25) is 0 Å². The summed E-state index contributed by atoms with van der Waals surface area (Å²) in [4.78, 5) is 34.5. The smallest absolute Gasteiger partial charge is 0.426 e. The molecule has 0 unspecified atom stereocenters. The van der Waals surface area contributed by atoms with Crippen molar-refractivity contribution in [2.45, 2.75) is 44.1 Å². The molecule has 1 saturated carbocycles. The molecule has 2 atom stereocenters. The maximum absolute atomic E-state index is 13.3. The van der Waals surface area contributed by atoms with Gasteiger partial charge in [0.2, 0.25) is 5.91 Å². The number of carbonyl (C=O) groups is 2. The Kier molecular flexibility index (Phi) is 7.86. The number of H-pyrrole nitrogens is 1. The van der Waals surface area contributed by atoms with Crippen LogP contribution in [0, 0.1) is 5.92 Å². The van der Waals surface area contributed by atoms with Gasteiger partial charge in [-0.2, -0.15) is 0 Å². The summed E-state index contributed by atoms with van der Waals surface area (Å²) in [6.45, 7) is 0. The lowest BCUT2D eigenvalue weighted by Crippen LogP contribution is -2.55. The molecule has 5 rings (SSSR count). The minimum absolute atomic E-state index is 0.264. The maximum atomic E-state index is 13.3. The number of fused-ring (bicyclic) bond motifs is 1. The Morgan fingerprint density at radius 1 is 0.974 bits per heavy atom. The van der Waals surface area contributed by atoms with Gasteiger partial charge in [0.05, 0.1) is 17.0 Å². The monoisotopic (exact) mass is 510 g/mol. The number of carbonyl (C=O) groups excluding carboxylic acids is 2. The molecule has 38 heavy (non-hydrogen) atoms. The van der Waals surface area contributed by atoms with Gasteiger partial charge in [-0.25, -0.2) is 4.98 Å². The topological polar surface area (TPSA) is 127 Å². The predicted molar refractivity (Wildman–Crippen MR) is 147 cm³/mol. The van der Waals surface area contributed by atoms with Crippen molar-refractivity contribution in [2.24, 2.45) is 5.92 Å². The first-order valence-electron chi connectivity index (χ1n) is 13.0. The molecule has 0 spiro atoms. The van der Waals surface area contributed by atoms with Crippen molar-refractivity contribution in [2.75, 3.05) is 0 Å². The molecule has 9 heteroatoms. The van der Waals surface area contributed by atoms with Crippen LogP contribution in [0.4, 0.5) is 0 Å². The Morgan fingerprint density at radius 3 is 2.34 bits per heavy atom. The molecule has 3 aromatic carbocycles. The maximum Gasteiger partial charge on any atom is 0.475 e. The fourth-order valence-electron chi connectivity index (χ4n) is 4.81. The molecule has 5 N–H and O–H groups in total. The first kappa shape index (κ1) is 25.7. The SMILES string of the molecule is O=C(N[C@@H](Cc1ccccc1)C(=O)N[C@@H](CC1CCC1)B(O)O)c1ccc2nc(-c3ccccc3)[nH]c2c1. The summed E-state index contributed by atoms with van der Waals surface area (Å²) >= 11 is 0. The Balaban J connectivity index is 1.34. The molecule has 0 radical (unpaired) electrons. The number of aromatic nitrogens is 2. The molecule has 4 aromatic rings. The quantitative estimate of drug-likeness (QED) is 0.209. The summed E-state index contributed by atoms with van der Waals surface area (Å²) in [7, 11) is -1.67. The van der Waals surface area contributed by atoms with Crippen LogP contribution in [0.15, 0.2) is 78.9 Å².